The highest BCUT2D eigenvalue weighted by Gasteiger charge is 2.21. The molecule has 0 saturated carbocycles. The number of nitrogen functional groups attached to an aromatic ring is 1. The van der Waals surface area contributed by atoms with E-state index < -0.39 is 0 Å². The molecule has 0 amide bonds. The van der Waals surface area contributed by atoms with Crippen LogP contribution in [0.25, 0.3) is 5.69 Å². The molecule has 0 atom stereocenters. The minimum Gasteiger partial charge on any atom is -0.382 e. The van der Waals surface area contributed by atoms with Gasteiger partial charge in [-0.15, -0.1) is 0 Å². The zero-order valence-corrected chi connectivity index (χ0v) is 10.9. The van der Waals surface area contributed by atoms with Crippen LogP contribution in [-0.4, -0.2) is 9.78 Å². The number of halogens is 1. The van der Waals surface area contributed by atoms with E-state index in [-0.39, 0.29) is 0 Å². The molecule has 1 heterocycles. The van der Waals surface area contributed by atoms with Gasteiger partial charge in [0, 0.05) is 14.8 Å². The van der Waals surface area contributed by atoms with Crippen LogP contribution in [0.15, 0.2) is 24.3 Å². The van der Waals surface area contributed by atoms with Crippen molar-refractivity contribution < 1.29 is 0 Å². The second-order valence-corrected chi connectivity index (χ2v) is 5.30. The minimum absolute atomic E-state index is 0.700. The molecule has 1 aromatic carbocycles. The molecule has 1 aliphatic rings. The third-order valence-corrected chi connectivity index (χ3v) is 3.75. The number of fused-ring (bicyclic) bond motifs is 1. The zero-order chi connectivity index (χ0) is 11.1. The highest BCUT2D eigenvalue weighted by molar-refractivity contribution is 14.1. The van der Waals surface area contributed by atoms with Gasteiger partial charge in [0.2, 0.25) is 0 Å². The summed E-state index contributed by atoms with van der Waals surface area (Å²) >= 11 is 2.30. The molecule has 82 valence electrons. The van der Waals surface area contributed by atoms with Crippen LogP contribution in [-0.2, 0) is 12.8 Å². The summed E-state index contributed by atoms with van der Waals surface area (Å²) in [5.74, 6) is 0.700. The van der Waals surface area contributed by atoms with Crippen LogP contribution in [0, 0.1) is 3.57 Å². The molecule has 2 aromatic rings. The Kier molecular flexibility index (Phi) is 2.38. The lowest BCUT2D eigenvalue weighted by molar-refractivity contribution is 0.788. The minimum atomic E-state index is 0.700. The topological polar surface area (TPSA) is 43.8 Å². The molecule has 16 heavy (non-hydrogen) atoms. The van der Waals surface area contributed by atoms with Gasteiger partial charge in [0.1, 0.15) is 5.82 Å². The van der Waals surface area contributed by atoms with Gasteiger partial charge >= 0.3 is 0 Å². The molecule has 3 nitrogen and oxygen atoms in total. The lowest BCUT2D eigenvalue weighted by Crippen LogP contribution is -2.01. The number of hydrogen-bond acceptors (Lipinski definition) is 2. The van der Waals surface area contributed by atoms with Crippen molar-refractivity contribution >= 4 is 28.4 Å². The average molecular weight is 325 g/mol. The molecule has 0 saturated heterocycles. The standard InChI is InChI=1S/C12H12IN3/c13-8-4-6-9(7-5-8)16-11-3-1-2-10(11)12(14)15-16/h4-7H,1-3H2,(H2,14,15). The predicted molar refractivity (Wildman–Crippen MR) is 72.7 cm³/mol. The van der Waals surface area contributed by atoms with Crippen LogP contribution in [0.1, 0.15) is 17.7 Å². The van der Waals surface area contributed by atoms with E-state index in [1.807, 2.05) is 4.68 Å². The first-order valence-corrected chi connectivity index (χ1v) is 6.46. The first-order chi connectivity index (χ1) is 7.75. The third-order valence-electron chi connectivity index (χ3n) is 3.03. The summed E-state index contributed by atoms with van der Waals surface area (Å²) in [6, 6.07) is 8.36. The summed E-state index contributed by atoms with van der Waals surface area (Å²) in [4.78, 5) is 0. The summed E-state index contributed by atoms with van der Waals surface area (Å²) in [6.07, 6.45) is 3.36. The van der Waals surface area contributed by atoms with Crippen molar-refractivity contribution in [2.75, 3.05) is 5.73 Å². The summed E-state index contributed by atoms with van der Waals surface area (Å²) < 4.78 is 3.23. The van der Waals surface area contributed by atoms with Gasteiger partial charge in [-0.2, -0.15) is 5.10 Å². The van der Waals surface area contributed by atoms with Gasteiger partial charge in [-0.1, -0.05) is 0 Å². The molecule has 0 fully saturated rings. The largest absolute Gasteiger partial charge is 0.382 e. The van der Waals surface area contributed by atoms with Gasteiger partial charge in [-0.3, -0.25) is 0 Å². The van der Waals surface area contributed by atoms with Crippen LogP contribution < -0.4 is 5.73 Å². The highest BCUT2D eigenvalue weighted by atomic mass is 127. The number of nitrogens with two attached hydrogens (primary N) is 1. The van der Waals surface area contributed by atoms with Gasteiger partial charge in [0.05, 0.1) is 5.69 Å². The Bertz CT molecular complexity index is 528. The van der Waals surface area contributed by atoms with E-state index in [0.717, 1.165) is 18.5 Å². The molecule has 0 aliphatic heterocycles. The Morgan fingerprint density at radius 3 is 2.69 bits per heavy atom. The molecule has 0 spiro atoms. The van der Waals surface area contributed by atoms with Crippen molar-refractivity contribution in [3.05, 3.63) is 39.1 Å². The molecule has 4 heteroatoms. The number of aromatic nitrogens is 2. The fraction of sp³-hybridized carbons (Fsp3) is 0.250. The first-order valence-electron chi connectivity index (χ1n) is 5.38. The summed E-state index contributed by atoms with van der Waals surface area (Å²) in [7, 11) is 0. The molecule has 1 aliphatic carbocycles. The number of nitrogens with zero attached hydrogens (tertiary/aromatic N) is 2. The third kappa shape index (κ3) is 1.52. The quantitative estimate of drug-likeness (QED) is 0.819. The second-order valence-electron chi connectivity index (χ2n) is 4.05. The van der Waals surface area contributed by atoms with Crippen LogP contribution in [0.5, 0.6) is 0 Å². The number of anilines is 1. The molecule has 2 N–H and O–H groups in total. The van der Waals surface area contributed by atoms with E-state index in [9.17, 15) is 0 Å². The molecule has 0 unspecified atom stereocenters. The second kappa shape index (κ2) is 3.76. The lowest BCUT2D eigenvalue weighted by atomic mass is 10.2. The molecular formula is C12H12IN3. The highest BCUT2D eigenvalue weighted by Crippen LogP contribution is 2.28. The van der Waals surface area contributed by atoms with Gasteiger partial charge in [-0.05, 0) is 66.1 Å². The van der Waals surface area contributed by atoms with Gasteiger partial charge in [-0.25, -0.2) is 4.68 Å². The van der Waals surface area contributed by atoms with Crippen molar-refractivity contribution in [3.63, 3.8) is 0 Å². The zero-order valence-electron chi connectivity index (χ0n) is 8.78. The van der Waals surface area contributed by atoms with Crippen molar-refractivity contribution in [2.45, 2.75) is 19.3 Å². The average Bonchev–Trinajstić information content (AvgIpc) is 2.84. The summed E-state index contributed by atoms with van der Waals surface area (Å²) in [6.45, 7) is 0. The maximum Gasteiger partial charge on any atom is 0.149 e. The van der Waals surface area contributed by atoms with E-state index in [0.29, 0.717) is 5.82 Å². The fourth-order valence-corrected chi connectivity index (χ4v) is 2.62. The van der Waals surface area contributed by atoms with E-state index in [2.05, 4.69) is 52.0 Å². The van der Waals surface area contributed by atoms with Crippen molar-refractivity contribution in [1.29, 1.82) is 0 Å². The Morgan fingerprint density at radius 2 is 1.94 bits per heavy atom. The Balaban J connectivity index is 2.13. The van der Waals surface area contributed by atoms with Crippen LogP contribution in [0.3, 0.4) is 0 Å². The lowest BCUT2D eigenvalue weighted by Gasteiger charge is -2.05. The van der Waals surface area contributed by atoms with Crippen LogP contribution in [0.4, 0.5) is 5.82 Å². The molecule has 3 rings (SSSR count). The fourth-order valence-electron chi connectivity index (χ4n) is 2.26. The first kappa shape index (κ1) is 10.1. The normalized spacial score (nSPS) is 14.1. The SMILES string of the molecule is Nc1nn(-c2ccc(I)cc2)c2c1CCC2. The monoisotopic (exact) mass is 325 g/mol. The number of benzene rings is 1. The molecular weight excluding hydrogens is 313 g/mol. The summed E-state index contributed by atoms with van der Waals surface area (Å²) in [5.41, 5.74) is 9.57. The Morgan fingerprint density at radius 1 is 1.19 bits per heavy atom. The molecule has 0 bridgehead atoms. The van der Waals surface area contributed by atoms with Crippen LogP contribution in [0.2, 0.25) is 0 Å². The molecule has 0 radical (unpaired) electrons. The van der Waals surface area contributed by atoms with E-state index in [1.54, 1.807) is 0 Å². The predicted octanol–water partition coefficient (Wildman–Crippen LogP) is 2.55. The van der Waals surface area contributed by atoms with E-state index in [1.165, 1.54) is 21.2 Å². The van der Waals surface area contributed by atoms with E-state index >= 15 is 0 Å². The van der Waals surface area contributed by atoms with Gasteiger partial charge < -0.3 is 5.73 Å². The maximum atomic E-state index is 5.93. The number of rotatable bonds is 1. The maximum absolute atomic E-state index is 5.93. The Labute approximate surface area is 108 Å². The van der Waals surface area contributed by atoms with Crippen molar-refractivity contribution in [2.24, 2.45) is 0 Å². The Hall–Kier alpha value is -1.04. The van der Waals surface area contributed by atoms with Gasteiger partial charge in [0.25, 0.3) is 0 Å². The molecule has 1 aromatic heterocycles. The number of hydrogen-bond donors (Lipinski definition) is 1. The van der Waals surface area contributed by atoms with Crippen LogP contribution >= 0.6 is 22.6 Å². The smallest absolute Gasteiger partial charge is 0.149 e. The van der Waals surface area contributed by atoms with Gasteiger partial charge in [0.15, 0.2) is 0 Å². The summed E-state index contributed by atoms with van der Waals surface area (Å²) in [5, 5.41) is 4.42. The van der Waals surface area contributed by atoms with Crippen molar-refractivity contribution in [3.8, 4) is 5.69 Å². The van der Waals surface area contributed by atoms with E-state index in [4.69, 9.17) is 5.73 Å². The van der Waals surface area contributed by atoms with Crippen molar-refractivity contribution in [1.82, 2.24) is 9.78 Å².